The third kappa shape index (κ3) is 6.79. The Kier molecular flexibility index (Phi) is 8.47. The molecule has 0 saturated carbocycles. The standard InChI is InChI=1S/C13H13Cl6N3OS/c1-5(2)10(23)21-11(13(17,18)19)22-12(24)20-9-7(15)3-6(14)4-8(9)16/h3-5,11H,1-2H3,(H,21,23)(H2,20,22,24). The Hall–Kier alpha value is 0.120. The third-order valence-corrected chi connectivity index (χ3v) is 4.35. The predicted molar refractivity (Wildman–Crippen MR) is 108 cm³/mol. The molecule has 1 amide bonds. The molecular weight excluding hydrogens is 459 g/mol. The van der Waals surface area contributed by atoms with E-state index in [0.29, 0.717) is 10.7 Å². The van der Waals surface area contributed by atoms with Crippen molar-refractivity contribution >= 4 is 98.5 Å². The number of anilines is 1. The van der Waals surface area contributed by atoms with E-state index in [1.54, 1.807) is 13.8 Å². The van der Waals surface area contributed by atoms with Gasteiger partial charge in [0.1, 0.15) is 6.17 Å². The Labute approximate surface area is 175 Å². The van der Waals surface area contributed by atoms with E-state index in [9.17, 15) is 4.79 Å². The molecule has 0 radical (unpaired) electrons. The number of halogens is 6. The van der Waals surface area contributed by atoms with E-state index in [4.69, 9.17) is 81.8 Å². The first-order chi connectivity index (χ1) is 10.9. The Morgan fingerprint density at radius 3 is 2.00 bits per heavy atom. The number of hydrogen-bond donors (Lipinski definition) is 3. The largest absolute Gasteiger partial charge is 0.339 e. The fourth-order valence-electron chi connectivity index (χ4n) is 1.45. The van der Waals surface area contributed by atoms with Crippen molar-refractivity contribution < 1.29 is 4.79 Å². The summed E-state index contributed by atoms with van der Waals surface area (Å²) >= 11 is 40.8. The molecule has 3 N–H and O–H groups in total. The van der Waals surface area contributed by atoms with E-state index in [0.717, 1.165) is 0 Å². The van der Waals surface area contributed by atoms with Gasteiger partial charge in [0.25, 0.3) is 0 Å². The molecule has 0 aliphatic carbocycles. The number of benzene rings is 1. The number of thiocarbonyl (C=S) groups is 1. The lowest BCUT2D eigenvalue weighted by atomic mass is 10.2. The maximum Gasteiger partial charge on any atom is 0.228 e. The van der Waals surface area contributed by atoms with Gasteiger partial charge in [-0.15, -0.1) is 0 Å². The normalized spacial score (nSPS) is 12.7. The van der Waals surface area contributed by atoms with E-state index in [2.05, 4.69) is 16.0 Å². The van der Waals surface area contributed by atoms with Crippen molar-refractivity contribution in [1.29, 1.82) is 0 Å². The van der Waals surface area contributed by atoms with E-state index in [1.165, 1.54) is 12.1 Å². The van der Waals surface area contributed by atoms with Crippen LogP contribution in [0.1, 0.15) is 13.8 Å². The summed E-state index contributed by atoms with van der Waals surface area (Å²) in [6.07, 6.45) is -1.07. The zero-order chi connectivity index (χ0) is 18.7. The molecule has 0 saturated heterocycles. The van der Waals surface area contributed by atoms with E-state index >= 15 is 0 Å². The van der Waals surface area contributed by atoms with Gasteiger partial charge in [0, 0.05) is 10.9 Å². The van der Waals surface area contributed by atoms with Crippen LogP contribution in [0, 0.1) is 5.92 Å². The number of amides is 1. The Bertz CT molecular complexity index is 612. The fourth-order valence-corrected chi connectivity index (χ4v) is 2.91. The molecule has 134 valence electrons. The molecule has 1 unspecified atom stereocenters. The number of alkyl halides is 3. The summed E-state index contributed by atoms with van der Waals surface area (Å²) in [5, 5.41) is 8.97. The molecule has 1 aromatic rings. The third-order valence-electron chi connectivity index (χ3n) is 2.66. The molecule has 0 spiro atoms. The van der Waals surface area contributed by atoms with Gasteiger partial charge < -0.3 is 16.0 Å². The van der Waals surface area contributed by atoms with Crippen LogP contribution in [0.4, 0.5) is 5.69 Å². The first kappa shape index (κ1) is 22.2. The highest BCUT2D eigenvalue weighted by molar-refractivity contribution is 7.80. The van der Waals surface area contributed by atoms with Gasteiger partial charge in [-0.2, -0.15) is 0 Å². The van der Waals surface area contributed by atoms with Gasteiger partial charge in [0.2, 0.25) is 9.70 Å². The second kappa shape index (κ2) is 9.17. The van der Waals surface area contributed by atoms with Crippen LogP contribution < -0.4 is 16.0 Å². The maximum absolute atomic E-state index is 11.8. The lowest BCUT2D eigenvalue weighted by molar-refractivity contribution is -0.124. The summed E-state index contributed by atoms with van der Waals surface area (Å²) in [5.74, 6) is -0.618. The molecule has 0 heterocycles. The molecule has 0 aromatic heterocycles. The lowest BCUT2D eigenvalue weighted by Gasteiger charge is -2.28. The monoisotopic (exact) mass is 469 g/mol. The maximum atomic E-state index is 11.8. The molecule has 1 aromatic carbocycles. The molecule has 0 fully saturated rings. The van der Waals surface area contributed by atoms with Gasteiger partial charge in [0.15, 0.2) is 5.11 Å². The molecule has 24 heavy (non-hydrogen) atoms. The molecule has 0 bridgehead atoms. The lowest BCUT2D eigenvalue weighted by Crippen LogP contribution is -2.56. The van der Waals surface area contributed by atoms with Crippen molar-refractivity contribution in [3.05, 3.63) is 27.2 Å². The number of hydrogen-bond acceptors (Lipinski definition) is 2. The summed E-state index contributed by atoms with van der Waals surface area (Å²) in [4.78, 5) is 11.8. The Morgan fingerprint density at radius 1 is 1.08 bits per heavy atom. The fraction of sp³-hybridized carbons (Fsp3) is 0.385. The molecule has 4 nitrogen and oxygen atoms in total. The highest BCUT2D eigenvalue weighted by Gasteiger charge is 2.35. The van der Waals surface area contributed by atoms with Gasteiger partial charge in [-0.1, -0.05) is 83.5 Å². The van der Waals surface area contributed by atoms with Gasteiger partial charge in [0.05, 0.1) is 15.7 Å². The van der Waals surface area contributed by atoms with Crippen LogP contribution in [-0.4, -0.2) is 21.0 Å². The summed E-state index contributed by atoms with van der Waals surface area (Å²) in [6, 6.07) is 2.99. The van der Waals surface area contributed by atoms with Crippen molar-refractivity contribution in [1.82, 2.24) is 10.6 Å². The first-order valence-electron chi connectivity index (χ1n) is 6.51. The SMILES string of the molecule is CC(C)C(=O)NC(NC(=S)Nc1c(Cl)cc(Cl)cc1Cl)C(Cl)(Cl)Cl. The van der Waals surface area contributed by atoms with Gasteiger partial charge in [-0.05, 0) is 24.4 Å². The zero-order valence-electron chi connectivity index (χ0n) is 12.4. The summed E-state index contributed by atoms with van der Waals surface area (Å²) in [7, 11) is 0. The topological polar surface area (TPSA) is 53.2 Å². The molecule has 1 rings (SSSR count). The minimum absolute atomic E-state index is 0.0431. The number of carbonyl (C=O) groups excluding carboxylic acids is 1. The van der Waals surface area contributed by atoms with Crippen molar-refractivity contribution in [3.8, 4) is 0 Å². The minimum atomic E-state index is -1.84. The summed E-state index contributed by atoms with van der Waals surface area (Å²) < 4.78 is -1.84. The summed E-state index contributed by atoms with van der Waals surface area (Å²) in [5.41, 5.74) is 0.332. The van der Waals surface area contributed by atoms with Crippen molar-refractivity contribution in [2.45, 2.75) is 23.8 Å². The van der Waals surface area contributed by atoms with Crippen LogP contribution in [0.2, 0.25) is 15.1 Å². The second-order valence-corrected chi connectivity index (χ2v) is 9.01. The molecule has 0 aliphatic heterocycles. The molecule has 11 heteroatoms. The second-order valence-electron chi connectivity index (χ2n) is 4.98. The first-order valence-corrected chi connectivity index (χ1v) is 9.18. The average molecular weight is 472 g/mol. The van der Waals surface area contributed by atoms with Gasteiger partial charge in [-0.25, -0.2) is 0 Å². The number of rotatable bonds is 4. The van der Waals surface area contributed by atoms with Gasteiger partial charge in [-0.3, -0.25) is 4.79 Å². The van der Waals surface area contributed by atoms with Crippen LogP contribution in [-0.2, 0) is 4.79 Å². The quantitative estimate of drug-likeness (QED) is 0.312. The van der Waals surface area contributed by atoms with Crippen molar-refractivity contribution in [2.75, 3.05) is 5.32 Å². The van der Waals surface area contributed by atoms with Gasteiger partial charge >= 0.3 is 0 Å². The Morgan fingerprint density at radius 2 is 1.58 bits per heavy atom. The van der Waals surface area contributed by atoms with E-state index in [1.807, 2.05) is 0 Å². The summed E-state index contributed by atoms with van der Waals surface area (Å²) in [6.45, 7) is 3.41. The minimum Gasteiger partial charge on any atom is -0.339 e. The van der Waals surface area contributed by atoms with Crippen LogP contribution in [0.25, 0.3) is 0 Å². The molecule has 0 aliphatic rings. The van der Waals surface area contributed by atoms with Crippen LogP contribution in [0.5, 0.6) is 0 Å². The number of carbonyl (C=O) groups is 1. The van der Waals surface area contributed by atoms with Crippen molar-refractivity contribution in [2.24, 2.45) is 5.92 Å². The predicted octanol–water partition coefficient (Wildman–Crippen LogP) is 5.40. The van der Waals surface area contributed by atoms with Crippen LogP contribution in [0.3, 0.4) is 0 Å². The van der Waals surface area contributed by atoms with E-state index in [-0.39, 0.29) is 27.0 Å². The van der Waals surface area contributed by atoms with Crippen molar-refractivity contribution in [3.63, 3.8) is 0 Å². The molecule has 1 atom stereocenters. The Balaban J connectivity index is 2.88. The smallest absolute Gasteiger partial charge is 0.228 e. The van der Waals surface area contributed by atoms with Crippen LogP contribution >= 0.6 is 81.8 Å². The average Bonchev–Trinajstić information content (AvgIpc) is 2.40. The highest BCUT2D eigenvalue weighted by atomic mass is 35.6. The number of nitrogens with one attached hydrogen (secondary N) is 3. The van der Waals surface area contributed by atoms with E-state index < -0.39 is 9.96 Å². The molecular formula is C13H13Cl6N3OS. The van der Waals surface area contributed by atoms with Crippen LogP contribution in [0.15, 0.2) is 12.1 Å². The zero-order valence-corrected chi connectivity index (χ0v) is 17.7. The highest BCUT2D eigenvalue weighted by Crippen LogP contribution is 2.34.